The number of sulfone groups is 1. The van der Waals surface area contributed by atoms with E-state index in [4.69, 9.17) is 10.5 Å². The highest BCUT2D eigenvalue weighted by atomic mass is 32.2. The van der Waals surface area contributed by atoms with E-state index in [-0.39, 0.29) is 6.54 Å². The summed E-state index contributed by atoms with van der Waals surface area (Å²) < 4.78 is 26.6. The zero-order chi connectivity index (χ0) is 13.7. The average molecular weight is 266 g/mol. The molecule has 1 amide bonds. The van der Waals surface area contributed by atoms with Crippen molar-refractivity contribution in [3.05, 3.63) is 0 Å². The number of ether oxygens (including phenoxy) is 1. The number of hydrogen-bond acceptors (Lipinski definition) is 5. The lowest BCUT2D eigenvalue weighted by Gasteiger charge is -2.30. The van der Waals surface area contributed by atoms with Gasteiger partial charge in [-0.05, 0) is 13.8 Å². The summed E-state index contributed by atoms with van der Waals surface area (Å²) in [5, 5.41) is 0. The van der Waals surface area contributed by atoms with E-state index in [2.05, 4.69) is 0 Å². The maximum atomic E-state index is 12.1. The first-order valence-electron chi connectivity index (χ1n) is 5.36. The highest BCUT2D eigenvalue weighted by molar-refractivity contribution is 7.92. The number of methoxy groups -OCH3 is 1. The normalized spacial score (nSPS) is 12.5. The van der Waals surface area contributed by atoms with Crippen molar-refractivity contribution in [2.75, 3.05) is 39.6 Å². The first-order valence-corrected chi connectivity index (χ1v) is 7.25. The highest BCUT2D eigenvalue weighted by Gasteiger charge is 2.40. The van der Waals surface area contributed by atoms with Crippen LogP contribution in [0, 0.1) is 0 Å². The summed E-state index contributed by atoms with van der Waals surface area (Å²) in [5.41, 5.74) is 5.41. The molecule has 0 aromatic rings. The van der Waals surface area contributed by atoms with Gasteiger partial charge >= 0.3 is 0 Å². The molecule has 0 aliphatic carbocycles. The molecule has 0 fully saturated rings. The van der Waals surface area contributed by atoms with Gasteiger partial charge in [0.1, 0.15) is 4.75 Å². The van der Waals surface area contributed by atoms with Crippen LogP contribution in [0.3, 0.4) is 0 Å². The number of nitrogens with two attached hydrogens (primary N) is 1. The molecule has 17 heavy (non-hydrogen) atoms. The van der Waals surface area contributed by atoms with Gasteiger partial charge in [0.2, 0.25) is 5.91 Å². The molecule has 0 rings (SSSR count). The number of amides is 1. The molecular formula is C10H22N2O4S. The summed E-state index contributed by atoms with van der Waals surface area (Å²) in [6.07, 6.45) is 1.06. The van der Waals surface area contributed by atoms with Crippen molar-refractivity contribution >= 4 is 15.7 Å². The lowest BCUT2D eigenvalue weighted by Crippen LogP contribution is -2.51. The largest absolute Gasteiger partial charge is 0.383 e. The van der Waals surface area contributed by atoms with Crippen molar-refractivity contribution in [1.82, 2.24) is 4.90 Å². The van der Waals surface area contributed by atoms with Crippen molar-refractivity contribution in [2.24, 2.45) is 5.73 Å². The van der Waals surface area contributed by atoms with E-state index in [0.717, 1.165) is 6.26 Å². The van der Waals surface area contributed by atoms with Gasteiger partial charge in [-0.15, -0.1) is 0 Å². The minimum absolute atomic E-state index is 0.287. The summed E-state index contributed by atoms with van der Waals surface area (Å²) in [5.74, 6) is -0.442. The summed E-state index contributed by atoms with van der Waals surface area (Å²) in [4.78, 5) is 13.6. The van der Waals surface area contributed by atoms with E-state index < -0.39 is 20.5 Å². The Balaban J connectivity index is 4.94. The molecule has 102 valence electrons. The molecule has 0 bridgehead atoms. The van der Waals surface area contributed by atoms with Crippen LogP contribution in [0.2, 0.25) is 0 Å². The van der Waals surface area contributed by atoms with Crippen LogP contribution in [0.5, 0.6) is 0 Å². The molecule has 0 aromatic heterocycles. The van der Waals surface area contributed by atoms with Crippen LogP contribution in [0.4, 0.5) is 0 Å². The third-order valence-corrected chi connectivity index (χ3v) is 4.72. The topological polar surface area (TPSA) is 89.7 Å². The Morgan fingerprint density at radius 2 is 1.88 bits per heavy atom. The Labute approximate surface area is 103 Å². The summed E-state index contributed by atoms with van der Waals surface area (Å²) in [6.45, 7) is 4.11. The summed E-state index contributed by atoms with van der Waals surface area (Å²) >= 11 is 0. The molecule has 0 aliphatic heterocycles. The van der Waals surface area contributed by atoms with Crippen molar-refractivity contribution in [3.63, 3.8) is 0 Å². The molecule has 0 spiro atoms. The van der Waals surface area contributed by atoms with Gasteiger partial charge in [0.15, 0.2) is 9.84 Å². The minimum atomic E-state index is -3.46. The number of hydrogen-bond donors (Lipinski definition) is 1. The van der Waals surface area contributed by atoms with Crippen LogP contribution in [0.1, 0.15) is 13.8 Å². The smallest absolute Gasteiger partial charge is 0.243 e. The fourth-order valence-corrected chi connectivity index (χ4v) is 1.66. The van der Waals surface area contributed by atoms with Gasteiger partial charge in [0, 0.05) is 33.0 Å². The zero-order valence-electron chi connectivity index (χ0n) is 10.9. The van der Waals surface area contributed by atoms with Crippen LogP contribution in [-0.2, 0) is 19.4 Å². The second kappa shape index (κ2) is 6.32. The highest BCUT2D eigenvalue weighted by Crippen LogP contribution is 2.18. The Hall–Kier alpha value is -0.660. The average Bonchev–Trinajstić information content (AvgIpc) is 2.21. The third kappa shape index (κ3) is 4.25. The molecule has 2 N–H and O–H groups in total. The van der Waals surface area contributed by atoms with E-state index in [9.17, 15) is 13.2 Å². The lowest BCUT2D eigenvalue weighted by molar-refractivity contribution is -0.133. The van der Waals surface area contributed by atoms with Crippen molar-refractivity contribution in [1.29, 1.82) is 0 Å². The molecule has 0 aliphatic rings. The molecule has 0 radical (unpaired) electrons. The number of carbonyl (C=O) groups is 1. The molecule has 0 atom stereocenters. The first kappa shape index (κ1) is 16.3. The van der Waals surface area contributed by atoms with Crippen molar-refractivity contribution < 1.29 is 17.9 Å². The summed E-state index contributed by atoms with van der Waals surface area (Å²) in [7, 11) is -1.94. The predicted molar refractivity (Wildman–Crippen MR) is 66.4 cm³/mol. The van der Waals surface area contributed by atoms with Crippen LogP contribution in [0.15, 0.2) is 0 Å². The van der Waals surface area contributed by atoms with E-state index in [1.807, 2.05) is 0 Å². The Morgan fingerprint density at radius 3 is 2.24 bits per heavy atom. The molecule has 0 saturated carbocycles. The molecule has 7 heteroatoms. The molecular weight excluding hydrogens is 244 g/mol. The first-order chi connectivity index (χ1) is 7.68. The minimum Gasteiger partial charge on any atom is -0.383 e. The van der Waals surface area contributed by atoms with Gasteiger partial charge in [-0.1, -0.05) is 0 Å². The zero-order valence-corrected chi connectivity index (χ0v) is 11.7. The maximum absolute atomic E-state index is 12.1. The Bertz CT molecular complexity index is 351. The second-order valence-corrected chi connectivity index (χ2v) is 6.92. The monoisotopic (exact) mass is 266 g/mol. The fraction of sp³-hybridized carbons (Fsp3) is 0.900. The quantitative estimate of drug-likeness (QED) is 0.654. The van der Waals surface area contributed by atoms with Crippen molar-refractivity contribution in [3.8, 4) is 0 Å². The van der Waals surface area contributed by atoms with Crippen molar-refractivity contribution in [2.45, 2.75) is 18.6 Å². The van der Waals surface area contributed by atoms with E-state index in [1.54, 1.807) is 0 Å². The lowest BCUT2D eigenvalue weighted by atomic mass is 10.1. The van der Waals surface area contributed by atoms with Gasteiger partial charge in [0.05, 0.1) is 6.61 Å². The van der Waals surface area contributed by atoms with Gasteiger partial charge in [0.25, 0.3) is 0 Å². The Kier molecular flexibility index (Phi) is 6.08. The van der Waals surface area contributed by atoms with Gasteiger partial charge in [-0.25, -0.2) is 8.42 Å². The van der Waals surface area contributed by atoms with Crippen LogP contribution < -0.4 is 5.73 Å². The number of nitrogens with zero attached hydrogens (tertiary/aromatic N) is 1. The van der Waals surface area contributed by atoms with Gasteiger partial charge < -0.3 is 15.4 Å². The SMILES string of the molecule is COCCN(CCN)C(=O)C(C)(C)S(C)(=O)=O. The maximum Gasteiger partial charge on any atom is 0.243 e. The number of rotatable bonds is 7. The van der Waals surface area contributed by atoms with Crippen LogP contribution in [-0.4, -0.2) is 63.6 Å². The molecule has 6 nitrogen and oxygen atoms in total. The third-order valence-electron chi connectivity index (χ3n) is 2.69. The van der Waals surface area contributed by atoms with Gasteiger partial charge in [-0.2, -0.15) is 0 Å². The molecule has 0 heterocycles. The predicted octanol–water partition coefficient (Wildman–Crippen LogP) is -0.757. The van der Waals surface area contributed by atoms with E-state index >= 15 is 0 Å². The number of carbonyl (C=O) groups excluding carboxylic acids is 1. The second-order valence-electron chi connectivity index (χ2n) is 4.36. The molecule has 0 saturated heterocycles. The van der Waals surface area contributed by atoms with Crippen LogP contribution in [0.25, 0.3) is 0 Å². The van der Waals surface area contributed by atoms with E-state index in [0.29, 0.717) is 19.7 Å². The standard InChI is InChI=1S/C10H22N2O4S/c1-10(2,17(4,14)15)9(13)12(6-5-11)7-8-16-3/h5-8,11H2,1-4H3. The fourth-order valence-electron chi connectivity index (χ4n) is 1.21. The molecule has 0 unspecified atom stereocenters. The van der Waals surface area contributed by atoms with Crippen LogP contribution >= 0.6 is 0 Å². The Morgan fingerprint density at radius 1 is 1.35 bits per heavy atom. The molecule has 0 aromatic carbocycles. The van der Waals surface area contributed by atoms with Gasteiger partial charge in [-0.3, -0.25) is 4.79 Å². The van der Waals surface area contributed by atoms with E-state index in [1.165, 1.54) is 25.9 Å². The summed E-state index contributed by atoms with van der Waals surface area (Å²) in [6, 6.07) is 0.